The Bertz CT molecular complexity index is 458. The van der Waals surface area contributed by atoms with E-state index >= 15 is 0 Å². The summed E-state index contributed by atoms with van der Waals surface area (Å²) in [6, 6.07) is 6.51. The van der Waals surface area contributed by atoms with E-state index in [0.29, 0.717) is 17.9 Å². The van der Waals surface area contributed by atoms with Crippen molar-refractivity contribution >= 4 is 23.6 Å². The topological polar surface area (TPSA) is 57.6 Å². The highest BCUT2D eigenvalue weighted by Gasteiger charge is 2.32. The van der Waals surface area contributed by atoms with E-state index in [9.17, 15) is 9.59 Å². The number of nitrogens with zero attached hydrogens (tertiary/aromatic N) is 1. The summed E-state index contributed by atoms with van der Waals surface area (Å²) in [6.45, 7) is 2.44. The Kier molecular flexibility index (Phi) is 3.91. The van der Waals surface area contributed by atoms with Crippen molar-refractivity contribution in [1.82, 2.24) is 4.90 Å². The molecule has 1 fully saturated rings. The second-order valence-corrected chi connectivity index (χ2v) is 5.44. The predicted octanol–water partition coefficient (Wildman–Crippen LogP) is 1.64. The number of carbonyl (C=O) groups excluding carboxylic acids is 1. The first-order valence-corrected chi connectivity index (χ1v) is 6.93. The largest absolute Gasteiger partial charge is 0.480 e. The summed E-state index contributed by atoms with van der Waals surface area (Å²) < 4.78 is 0. The summed E-state index contributed by atoms with van der Waals surface area (Å²) in [5.74, 6) is 0.138. The summed E-state index contributed by atoms with van der Waals surface area (Å²) in [6.07, 6.45) is 0. The number of hydrogen-bond acceptors (Lipinski definition) is 3. The molecule has 1 heterocycles. The van der Waals surface area contributed by atoms with Crippen molar-refractivity contribution in [2.24, 2.45) is 0 Å². The molecule has 5 heteroatoms. The second-order valence-electron chi connectivity index (χ2n) is 4.29. The number of amides is 1. The molecule has 0 radical (unpaired) electrons. The van der Waals surface area contributed by atoms with Crippen LogP contribution in [0.15, 0.2) is 24.3 Å². The first kappa shape index (κ1) is 13.0. The van der Waals surface area contributed by atoms with E-state index in [1.54, 1.807) is 23.9 Å². The number of benzene rings is 1. The normalized spacial score (nSPS) is 19.6. The lowest BCUT2D eigenvalue weighted by Crippen LogP contribution is -2.50. The van der Waals surface area contributed by atoms with E-state index in [4.69, 9.17) is 5.11 Å². The van der Waals surface area contributed by atoms with Gasteiger partial charge in [0, 0.05) is 23.6 Å². The molecule has 1 atom stereocenters. The van der Waals surface area contributed by atoms with E-state index in [1.165, 1.54) is 4.90 Å². The maximum Gasteiger partial charge on any atom is 0.327 e. The molecule has 0 bridgehead atoms. The number of carbonyl (C=O) groups is 2. The number of aliphatic carboxylic acids is 1. The fourth-order valence-electron chi connectivity index (χ4n) is 1.91. The number of rotatable bonds is 2. The zero-order chi connectivity index (χ0) is 13.1. The average molecular weight is 265 g/mol. The van der Waals surface area contributed by atoms with Gasteiger partial charge in [-0.05, 0) is 19.1 Å². The summed E-state index contributed by atoms with van der Waals surface area (Å²) in [5.41, 5.74) is 1.63. The zero-order valence-corrected chi connectivity index (χ0v) is 10.9. The van der Waals surface area contributed by atoms with E-state index in [1.807, 2.05) is 19.1 Å². The molecule has 1 aromatic carbocycles. The monoisotopic (exact) mass is 265 g/mol. The highest BCUT2D eigenvalue weighted by molar-refractivity contribution is 7.99. The Balaban J connectivity index is 2.20. The third-order valence-corrected chi connectivity index (χ3v) is 4.00. The van der Waals surface area contributed by atoms with Gasteiger partial charge in [0.2, 0.25) is 0 Å². The lowest BCUT2D eigenvalue weighted by atomic mass is 10.1. The summed E-state index contributed by atoms with van der Waals surface area (Å²) in [7, 11) is 0. The Labute approximate surface area is 110 Å². The maximum absolute atomic E-state index is 12.3. The first-order chi connectivity index (χ1) is 8.59. The number of carboxylic acid groups (broad SMARTS) is 1. The van der Waals surface area contributed by atoms with Gasteiger partial charge in [0.25, 0.3) is 5.91 Å². The molecule has 0 aliphatic carbocycles. The Hall–Kier alpha value is -1.49. The lowest BCUT2D eigenvalue weighted by molar-refractivity contribution is -0.141. The van der Waals surface area contributed by atoms with Gasteiger partial charge in [0.05, 0.1) is 0 Å². The highest BCUT2D eigenvalue weighted by atomic mass is 32.2. The molecular formula is C13H15NO3S. The SMILES string of the molecule is Cc1ccc(C(=O)N2CCSCC2C(=O)O)cc1. The van der Waals surface area contributed by atoms with Crippen molar-refractivity contribution in [3.8, 4) is 0 Å². The van der Waals surface area contributed by atoms with Crippen LogP contribution in [0.5, 0.6) is 0 Å². The van der Waals surface area contributed by atoms with Gasteiger partial charge in [-0.2, -0.15) is 11.8 Å². The minimum absolute atomic E-state index is 0.192. The smallest absolute Gasteiger partial charge is 0.327 e. The van der Waals surface area contributed by atoms with Gasteiger partial charge in [-0.15, -0.1) is 0 Å². The Morgan fingerprint density at radius 2 is 2.00 bits per heavy atom. The number of aryl methyl sites for hydroxylation is 1. The number of thioether (sulfide) groups is 1. The van der Waals surface area contributed by atoms with Crippen LogP contribution in [0.3, 0.4) is 0 Å². The molecular weight excluding hydrogens is 250 g/mol. The van der Waals surface area contributed by atoms with Crippen LogP contribution in [0.2, 0.25) is 0 Å². The zero-order valence-electron chi connectivity index (χ0n) is 10.1. The minimum Gasteiger partial charge on any atom is -0.480 e. The van der Waals surface area contributed by atoms with Gasteiger partial charge in [-0.1, -0.05) is 17.7 Å². The van der Waals surface area contributed by atoms with Crippen molar-refractivity contribution in [1.29, 1.82) is 0 Å². The predicted molar refractivity (Wildman–Crippen MR) is 71.0 cm³/mol. The van der Waals surface area contributed by atoms with Crippen molar-refractivity contribution < 1.29 is 14.7 Å². The van der Waals surface area contributed by atoms with Crippen molar-refractivity contribution in [3.63, 3.8) is 0 Å². The van der Waals surface area contributed by atoms with E-state index in [0.717, 1.165) is 11.3 Å². The van der Waals surface area contributed by atoms with Crippen LogP contribution >= 0.6 is 11.8 Å². The minimum atomic E-state index is -0.928. The van der Waals surface area contributed by atoms with Gasteiger partial charge in [0.1, 0.15) is 6.04 Å². The van der Waals surface area contributed by atoms with Gasteiger partial charge in [-0.3, -0.25) is 4.79 Å². The molecule has 1 aliphatic heterocycles. The third kappa shape index (κ3) is 2.67. The Morgan fingerprint density at radius 3 is 2.61 bits per heavy atom. The molecule has 1 amide bonds. The van der Waals surface area contributed by atoms with E-state index in [2.05, 4.69) is 0 Å². The molecule has 1 N–H and O–H groups in total. The third-order valence-electron chi connectivity index (χ3n) is 2.97. The molecule has 96 valence electrons. The molecule has 1 aliphatic rings. The molecule has 1 saturated heterocycles. The van der Waals surface area contributed by atoms with Crippen molar-refractivity contribution in [2.45, 2.75) is 13.0 Å². The van der Waals surface area contributed by atoms with Crippen LogP contribution in [0.4, 0.5) is 0 Å². The highest BCUT2D eigenvalue weighted by Crippen LogP contribution is 2.19. The van der Waals surface area contributed by atoms with Crippen LogP contribution in [0.25, 0.3) is 0 Å². The molecule has 1 unspecified atom stereocenters. The van der Waals surface area contributed by atoms with Gasteiger partial charge in [-0.25, -0.2) is 4.79 Å². The molecule has 18 heavy (non-hydrogen) atoms. The van der Waals surface area contributed by atoms with Crippen LogP contribution in [0.1, 0.15) is 15.9 Å². The van der Waals surface area contributed by atoms with Crippen LogP contribution in [0, 0.1) is 6.92 Å². The number of hydrogen-bond donors (Lipinski definition) is 1. The van der Waals surface area contributed by atoms with Gasteiger partial charge < -0.3 is 10.0 Å². The summed E-state index contributed by atoms with van der Waals surface area (Å²) in [4.78, 5) is 24.9. The van der Waals surface area contributed by atoms with Crippen LogP contribution in [-0.2, 0) is 4.79 Å². The van der Waals surface area contributed by atoms with Crippen molar-refractivity contribution in [3.05, 3.63) is 35.4 Å². The average Bonchev–Trinajstić information content (AvgIpc) is 2.39. The second kappa shape index (κ2) is 5.44. The molecule has 4 nitrogen and oxygen atoms in total. The fourth-order valence-corrected chi connectivity index (χ4v) is 2.95. The quantitative estimate of drug-likeness (QED) is 0.883. The van der Waals surface area contributed by atoms with E-state index < -0.39 is 12.0 Å². The van der Waals surface area contributed by atoms with Crippen LogP contribution < -0.4 is 0 Å². The Morgan fingerprint density at radius 1 is 1.33 bits per heavy atom. The summed E-state index contributed by atoms with van der Waals surface area (Å²) in [5, 5.41) is 9.14. The fraction of sp³-hybridized carbons (Fsp3) is 0.385. The molecule has 2 rings (SSSR count). The van der Waals surface area contributed by atoms with Crippen molar-refractivity contribution in [2.75, 3.05) is 18.1 Å². The number of carboxylic acids is 1. The maximum atomic E-state index is 12.3. The van der Waals surface area contributed by atoms with Crippen LogP contribution in [-0.4, -0.2) is 46.0 Å². The standard InChI is InChI=1S/C13H15NO3S/c1-9-2-4-10(5-3-9)12(15)14-6-7-18-8-11(14)13(16)17/h2-5,11H,6-8H2,1H3,(H,16,17). The van der Waals surface area contributed by atoms with Gasteiger partial charge >= 0.3 is 5.97 Å². The lowest BCUT2D eigenvalue weighted by Gasteiger charge is -2.32. The molecule has 0 saturated carbocycles. The van der Waals surface area contributed by atoms with Gasteiger partial charge in [0.15, 0.2) is 0 Å². The molecule has 0 aromatic heterocycles. The summed E-state index contributed by atoms with van der Waals surface area (Å²) >= 11 is 1.58. The molecule has 0 spiro atoms. The first-order valence-electron chi connectivity index (χ1n) is 5.78. The molecule has 1 aromatic rings. The van der Waals surface area contributed by atoms with E-state index in [-0.39, 0.29) is 5.91 Å².